The summed E-state index contributed by atoms with van der Waals surface area (Å²) in [7, 11) is -3.11. The lowest BCUT2D eigenvalue weighted by molar-refractivity contribution is -0.141. The second-order valence-electron chi connectivity index (χ2n) is 6.59. The van der Waals surface area contributed by atoms with E-state index in [2.05, 4.69) is 20.9 Å². The number of carbonyl (C=O) groups is 2. The van der Waals surface area contributed by atoms with Crippen molar-refractivity contribution in [3.63, 3.8) is 0 Å². The van der Waals surface area contributed by atoms with Gasteiger partial charge in [0, 0.05) is 23.5 Å². The molecule has 7 nitrogen and oxygen atoms in total. The van der Waals surface area contributed by atoms with Gasteiger partial charge in [-0.1, -0.05) is 18.2 Å². The van der Waals surface area contributed by atoms with Crippen molar-refractivity contribution in [2.45, 2.75) is 32.4 Å². The number of fused-ring (bicyclic) bond motifs is 1. The van der Waals surface area contributed by atoms with Gasteiger partial charge in [-0.15, -0.1) is 0 Å². The Balaban J connectivity index is 1.73. The molecule has 1 amide bonds. The van der Waals surface area contributed by atoms with Gasteiger partial charge in [-0.05, 0) is 42.3 Å². The summed E-state index contributed by atoms with van der Waals surface area (Å²) >= 11 is 3.39. The molecule has 0 aliphatic carbocycles. The van der Waals surface area contributed by atoms with E-state index < -0.39 is 21.9 Å². The summed E-state index contributed by atoms with van der Waals surface area (Å²) < 4.78 is 29.4. The van der Waals surface area contributed by atoms with Gasteiger partial charge < -0.3 is 14.6 Å². The lowest BCUT2D eigenvalue weighted by Crippen LogP contribution is -2.46. The minimum Gasteiger partial charge on any atom is -0.448 e. The highest BCUT2D eigenvalue weighted by atomic mass is 79.9. The maximum atomic E-state index is 12.7. The first-order valence-electron chi connectivity index (χ1n) is 8.71. The van der Waals surface area contributed by atoms with Crippen molar-refractivity contribution in [1.82, 2.24) is 9.88 Å². The molecule has 27 heavy (non-hydrogen) atoms. The zero-order valence-corrected chi connectivity index (χ0v) is 17.5. The van der Waals surface area contributed by atoms with Crippen LogP contribution in [-0.2, 0) is 19.4 Å². The van der Waals surface area contributed by atoms with Crippen LogP contribution in [0.3, 0.4) is 0 Å². The number of hydrogen-bond acceptors (Lipinski definition) is 5. The van der Waals surface area contributed by atoms with Gasteiger partial charge in [-0.25, -0.2) is 13.2 Å². The quantitative estimate of drug-likeness (QED) is 0.697. The van der Waals surface area contributed by atoms with Crippen LogP contribution in [0.2, 0.25) is 0 Å². The highest BCUT2D eigenvalue weighted by molar-refractivity contribution is 9.10. The van der Waals surface area contributed by atoms with Crippen molar-refractivity contribution < 1.29 is 22.7 Å². The number of amides is 1. The molecule has 0 bridgehead atoms. The number of nitrogens with one attached hydrogen (secondary N) is 1. The van der Waals surface area contributed by atoms with Crippen LogP contribution in [-0.4, -0.2) is 60.4 Å². The third-order valence-electron chi connectivity index (χ3n) is 4.75. The largest absolute Gasteiger partial charge is 0.448 e. The number of halogens is 1. The van der Waals surface area contributed by atoms with Crippen molar-refractivity contribution in [2.24, 2.45) is 0 Å². The lowest BCUT2D eigenvalue weighted by atomic mass is 10.2. The standard InChI is InChI=1S/C18H21BrN2O5S/c1-3-21(12-8-9-27(24,25)10-12)17(22)11(2)26-18(23)16-15(19)13-6-4-5-7-14(13)20-16/h4-7,11-12,20H,3,8-10H2,1-2H3/t11-,12+/m1/s1. The van der Waals surface area contributed by atoms with Gasteiger partial charge in [0.2, 0.25) is 0 Å². The van der Waals surface area contributed by atoms with Gasteiger partial charge in [0.1, 0.15) is 5.69 Å². The number of aromatic nitrogens is 1. The first-order valence-corrected chi connectivity index (χ1v) is 11.3. The number of ether oxygens (including phenoxy) is 1. The summed E-state index contributed by atoms with van der Waals surface area (Å²) in [5, 5.41) is 0.842. The molecule has 0 saturated carbocycles. The third kappa shape index (κ3) is 4.03. The molecule has 1 aromatic carbocycles. The number of benzene rings is 1. The number of H-pyrrole nitrogens is 1. The summed E-state index contributed by atoms with van der Waals surface area (Å²) in [5.41, 5.74) is 1.02. The number of carbonyl (C=O) groups excluding carboxylic acids is 2. The molecule has 1 N–H and O–H groups in total. The second kappa shape index (κ2) is 7.63. The van der Waals surface area contributed by atoms with E-state index in [1.54, 1.807) is 6.92 Å². The minimum absolute atomic E-state index is 0.0409. The van der Waals surface area contributed by atoms with Crippen LogP contribution in [0.15, 0.2) is 28.7 Å². The molecule has 2 aromatic rings. The van der Waals surface area contributed by atoms with Gasteiger partial charge in [-0.3, -0.25) is 4.79 Å². The molecular weight excluding hydrogens is 436 g/mol. The topological polar surface area (TPSA) is 96.5 Å². The number of aromatic amines is 1. The third-order valence-corrected chi connectivity index (χ3v) is 7.33. The summed E-state index contributed by atoms with van der Waals surface area (Å²) in [6.45, 7) is 3.64. The van der Waals surface area contributed by atoms with Crippen LogP contribution >= 0.6 is 15.9 Å². The number of esters is 1. The summed E-state index contributed by atoms with van der Waals surface area (Å²) in [6, 6.07) is 7.04. The number of likely N-dealkylation sites (N-methyl/N-ethyl adjacent to an activating group) is 1. The summed E-state index contributed by atoms with van der Waals surface area (Å²) in [4.78, 5) is 29.7. The van der Waals surface area contributed by atoms with Crippen LogP contribution < -0.4 is 0 Å². The van der Waals surface area contributed by atoms with Gasteiger partial charge in [-0.2, -0.15) is 0 Å². The minimum atomic E-state index is -3.11. The average molecular weight is 457 g/mol. The van der Waals surface area contributed by atoms with E-state index in [1.165, 1.54) is 11.8 Å². The number of hydrogen-bond donors (Lipinski definition) is 1. The first kappa shape index (κ1) is 19.9. The number of sulfone groups is 1. The molecule has 146 valence electrons. The predicted octanol–water partition coefficient (Wildman–Crippen LogP) is 2.51. The Morgan fingerprint density at radius 2 is 2.07 bits per heavy atom. The van der Waals surface area contributed by atoms with Gasteiger partial charge in [0.25, 0.3) is 5.91 Å². The number of para-hydroxylation sites is 1. The van der Waals surface area contributed by atoms with Crippen molar-refractivity contribution in [2.75, 3.05) is 18.1 Å². The van der Waals surface area contributed by atoms with E-state index in [9.17, 15) is 18.0 Å². The molecule has 9 heteroatoms. The normalized spacial score (nSPS) is 19.7. The van der Waals surface area contributed by atoms with Crippen LogP contribution in [0, 0.1) is 0 Å². The van der Waals surface area contributed by atoms with Crippen molar-refractivity contribution in [3.8, 4) is 0 Å². The van der Waals surface area contributed by atoms with E-state index in [4.69, 9.17) is 4.74 Å². The lowest BCUT2D eigenvalue weighted by Gasteiger charge is -2.29. The van der Waals surface area contributed by atoms with Crippen LogP contribution in [0.4, 0.5) is 0 Å². The van der Waals surface area contributed by atoms with Crippen LogP contribution in [0.1, 0.15) is 30.8 Å². The molecule has 1 aliphatic heterocycles. The van der Waals surface area contributed by atoms with E-state index >= 15 is 0 Å². The Morgan fingerprint density at radius 1 is 1.37 bits per heavy atom. The maximum Gasteiger partial charge on any atom is 0.356 e. The fourth-order valence-electron chi connectivity index (χ4n) is 3.37. The monoisotopic (exact) mass is 456 g/mol. The highest BCUT2D eigenvalue weighted by Crippen LogP contribution is 2.28. The predicted molar refractivity (Wildman–Crippen MR) is 105 cm³/mol. The summed E-state index contributed by atoms with van der Waals surface area (Å²) in [5.74, 6) is -0.993. The second-order valence-corrected chi connectivity index (χ2v) is 9.61. The molecule has 0 spiro atoms. The Morgan fingerprint density at radius 3 is 2.67 bits per heavy atom. The Hall–Kier alpha value is -1.87. The van der Waals surface area contributed by atoms with Crippen molar-refractivity contribution in [1.29, 1.82) is 0 Å². The highest BCUT2D eigenvalue weighted by Gasteiger charge is 2.36. The van der Waals surface area contributed by atoms with Gasteiger partial charge in [0.05, 0.1) is 16.0 Å². The van der Waals surface area contributed by atoms with Crippen LogP contribution in [0.5, 0.6) is 0 Å². The molecule has 0 radical (unpaired) electrons. The molecule has 1 aromatic heterocycles. The molecule has 1 fully saturated rings. The zero-order chi connectivity index (χ0) is 19.8. The SMILES string of the molecule is CCN(C(=O)[C@@H](C)OC(=O)c1[nH]c2ccccc2c1Br)[C@H]1CCS(=O)(=O)C1. The smallest absolute Gasteiger partial charge is 0.356 e. The molecular formula is C18H21BrN2O5S. The molecule has 2 heterocycles. The molecule has 1 saturated heterocycles. The molecule has 3 rings (SSSR count). The average Bonchev–Trinajstić information content (AvgIpc) is 3.15. The zero-order valence-electron chi connectivity index (χ0n) is 15.1. The van der Waals surface area contributed by atoms with Gasteiger partial charge in [0.15, 0.2) is 15.9 Å². The molecule has 1 aliphatic rings. The Labute approximate surface area is 166 Å². The van der Waals surface area contributed by atoms with Crippen LogP contribution in [0.25, 0.3) is 10.9 Å². The Bertz CT molecular complexity index is 985. The molecule has 0 unspecified atom stereocenters. The van der Waals surface area contributed by atoms with E-state index in [1.807, 2.05) is 24.3 Å². The number of rotatable bonds is 5. The van der Waals surface area contributed by atoms with E-state index in [-0.39, 0.29) is 29.1 Å². The summed E-state index contributed by atoms with van der Waals surface area (Å²) in [6.07, 6.45) is -0.602. The fourth-order valence-corrected chi connectivity index (χ4v) is 5.70. The van der Waals surface area contributed by atoms with E-state index in [0.29, 0.717) is 17.4 Å². The van der Waals surface area contributed by atoms with Gasteiger partial charge >= 0.3 is 5.97 Å². The molecule has 2 atom stereocenters. The maximum absolute atomic E-state index is 12.7. The number of nitrogens with zero attached hydrogens (tertiary/aromatic N) is 1. The van der Waals surface area contributed by atoms with Crippen molar-refractivity contribution in [3.05, 3.63) is 34.4 Å². The first-order chi connectivity index (χ1) is 12.7. The Kier molecular flexibility index (Phi) is 5.62. The fraction of sp³-hybridized carbons (Fsp3) is 0.444. The van der Waals surface area contributed by atoms with E-state index in [0.717, 1.165) is 10.9 Å². The van der Waals surface area contributed by atoms with Crippen molar-refractivity contribution >= 4 is 48.5 Å².